The van der Waals surface area contributed by atoms with Crippen LogP contribution in [-0.2, 0) is 32.7 Å². The quantitative estimate of drug-likeness (QED) is 0.0195. The number of unbranched alkanes of at least 4 members (excludes halogenated alkanes) is 44. The zero-order valence-electron chi connectivity index (χ0n) is 53.1. The number of nitrogens with zero attached hydrogens (tertiary/aromatic N) is 1. The number of esters is 2. The number of phosphoric ester groups is 1. The molecule has 79 heavy (non-hydrogen) atoms. The lowest BCUT2D eigenvalue weighted by Gasteiger charge is -2.28. The molecule has 466 valence electrons. The summed E-state index contributed by atoms with van der Waals surface area (Å²) in [6.07, 6.45) is 76.6. The van der Waals surface area contributed by atoms with Crippen molar-refractivity contribution in [1.82, 2.24) is 0 Å². The summed E-state index contributed by atoms with van der Waals surface area (Å²) in [6.45, 7) is 4.28. The first-order valence-electron chi connectivity index (χ1n) is 34.2. The number of likely N-dealkylation sites (N-methyl/N-ethyl adjacent to an activating group) is 1. The monoisotopic (exact) mass is 1130 g/mol. The van der Waals surface area contributed by atoms with Crippen molar-refractivity contribution in [2.75, 3.05) is 47.5 Å². The third-order valence-electron chi connectivity index (χ3n) is 15.4. The molecule has 0 radical (unpaired) electrons. The van der Waals surface area contributed by atoms with E-state index in [1.54, 1.807) is 0 Å². The fraction of sp³-hybridized carbons (Fsp3) is 0.884. The number of ether oxygens (including phenoxy) is 2. The minimum atomic E-state index is -4.64. The van der Waals surface area contributed by atoms with Crippen LogP contribution in [0.2, 0.25) is 0 Å². The van der Waals surface area contributed by atoms with Gasteiger partial charge in [0.1, 0.15) is 19.8 Å². The molecular formula is C69H132NO8P. The van der Waals surface area contributed by atoms with Gasteiger partial charge in [0.25, 0.3) is 7.82 Å². The van der Waals surface area contributed by atoms with E-state index in [2.05, 4.69) is 50.3 Å². The van der Waals surface area contributed by atoms with Crippen molar-refractivity contribution < 1.29 is 42.1 Å². The smallest absolute Gasteiger partial charge is 0.306 e. The van der Waals surface area contributed by atoms with Crippen molar-refractivity contribution in [3.05, 3.63) is 36.5 Å². The molecular weight excluding hydrogens is 1000 g/mol. The summed E-state index contributed by atoms with van der Waals surface area (Å²) < 4.78 is 34.3. The molecule has 0 N–H and O–H groups in total. The molecule has 0 aliphatic carbocycles. The number of rotatable bonds is 64. The topological polar surface area (TPSA) is 111 Å². The van der Waals surface area contributed by atoms with Gasteiger partial charge < -0.3 is 27.9 Å². The number of phosphoric acid groups is 1. The standard InChI is InChI=1S/C69H132NO8P/c1-6-8-10-12-14-16-18-20-22-24-26-28-30-31-32-33-34-35-36-37-38-40-41-43-45-47-49-51-53-55-57-59-61-68(71)75-65-67(66-77-79(73,74)76-64-63-70(3,4)5)78-69(72)62-60-58-56-54-52-50-48-46-44-42-39-29-27-25-23-21-19-17-15-13-11-9-7-2/h19,21,25,27,39,42,67H,6-18,20,22-24,26,28-38,40-41,43-66H2,1-5H3/b21-19-,27-25-,42-39-. The van der Waals surface area contributed by atoms with Gasteiger partial charge in [-0.05, 0) is 51.4 Å². The number of hydrogen-bond donors (Lipinski definition) is 0. The zero-order chi connectivity index (χ0) is 57.7. The highest BCUT2D eigenvalue weighted by Gasteiger charge is 2.22. The molecule has 2 unspecified atom stereocenters. The lowest BCUT2D eigenvalue weighted by atomic mass is 10.0. The number of allylic oxidation sites excluding steroid dienone is 6. The summed E-state index contributed by atoms with van der Waals surface area (Å²) in [6, 6.07) is 0. The molecule has 0 fully saturated rings. The molecule has 0 aromatic heterocycles. The Morgan fingerprint density at radius 1 is 0.392 bits per heavy atom. The Bertz CT molecular complexity index is 1430. The second-order valence-corrected chi connectivity index (χ2v) is 26.0. The van der Waals surface area contributed by atoms with Crippen LogP contribution in [0, 0.1) is 0 Å². The Morgan fingerprint density at radius 3 is 1.01 bits per heavy atom. The Morgan fingerprint density at radius 2 is 0.684 bits per heavy atom. The van der Waals surface area contributed by atoms with E-state index in [1.165, 1.54) is 250 Å². The number of carbonyl (C=O) groups is 2. The van der Waals surface area contributed by atoms with Crippen LogP contribution in [0.15, 0.2) is 36.5 Å². The molecule has 0 bridgehead atoms. The van der Waals surface area contributed by atoms with Crippen molar-refractivity contribution in [1.29, 1.82) is 0 Å². The second kappa shape index (κ2) is 60.8. The fourth-order valence-electron chi connectivity index (χ4n) is 10.1. The maximum atomic E-state index is 12.8. The van der Waals surface area contributed by atoms with Gasteiger partial charge in [0.15, 0.2) is 6.10 Å². The highest BCUT2D eigenvalue weighted by Crippen LogP contribution is 2.38. The largest absolute Gasteiger partial charge is 0.756 e. The van der Waals surface area contributed by atoms with E-state index < -0.39 is 26.5 Å². The molecule has 10 heteroatoms. The van der Waals surface area contributed by atoms with Gasteiger partial charge in [-0.3, -0.25) is 14.2 Å². The van der Waals surface area contributed by atoms with Crippen LogP contribution in [0.3, 0.4) is 0 Å². The van der Waals surface area contributed by atoms with Crippen molar-refractivity contribution >= 4 is 19.8 Å². The average Bonchev–Trinajstić information content (AvgIpc) is 3.41. The van der Waals surface area contributed by atoms with E-state index in [9.17, 15) is 19.0 Å². The highest BCUT2D eigenvalue weighted by atomic mass is 31.2. The molecule has 0 amide bonds. The van der Waals surface area contributed by atoms with Gasteiger partial charge in [-0.25, -0.2) is 0 Å². The molecule has 0 aliphatic heterocycles. The fourth-order valence-corrected chi connectivity index (χ4v) is 10.9. The molecule has 0 aliphatic rings. The third kappa shape index (κ3) is 65.3. The number of carbonyl (C=O) groups excluding carboxylic acids is 2. The van der Waals surface area contributed by atoms with E-state index in [4.69, 9.17) is 18.5 Å². The van der Waals surface area contributed by atoms with E-state index in [0.717, 1.165) is 57.8 Å². The molecule has 0 spiro atoms. The third-order valence-corrected chi connectivity index (χ3v) is 16.4. The predicted molar refractivity (Wildman–Crippen MR) is 337 cm³/mol. The molecule has 0 heterocycles. The van der Waals surface area contributed by atoms with E-state index in [1.807, 2.05) is 21.1 Å². The van der Waals surface area contributed by atoms with Crippen LogP contribution in [0.5, 0.6) is 0 Å². The average molecular weight is 1130 g/mol. The summed E-state index contributed by atoms with van der Waals surface area (Å²) in [5.74, 6) is -0.825. The Balaban J connectivity index is 4.01. The molecule has 0 rings (SSSR count). The van der Waals surface area contributed by atoms with Crippen LogP contribution in [0.25, 0.3) is 0 Å². The molecule has 0 saturated carbocycles. The first-order valence-corrected chi connectivity index (χ1v) is 35.7. The van der Waals surface area contributed by atoms with Crippen molar-refractivity contribution in [2.24, 2.45) is 0 Å². The van der Waals surface area contributed by atoms with Gasteiger partial charge in [0.2, 0.25) is 0 Å². The van der Waals surface area contributed by atoms with Crippen LogP contribution < -0.4 is 4.89 Å². The van der Waals surface area contributed by atoms with Gasteiger partial charge in [-0.1, -0.05) is 314 Å². The maximum Gasteiger partial charge on any atom is 0.306 e. The Hall–Kier alpha value is -1.77. The normalized spacial score (nSPS) is 13.3. The summed E-state index contributed by atoms with van der Waals surface area (Å²) >= 11 is 0. The highest BCUT2D eigenvalue weighted by molar-refractivity contribution is 7.45. The predicted octanol–water partition coefficient (Wildman–Crippen LogP) is 21.3. The Labute approximate surface area is 491 Å². The van der Waals surface area contributed by atoms with Crippen molar-refractivity contribution in [3.8, 4) is 0 Å². The van der Waals surface area contributed by atoms with Gasteiger partial charge in [-0.15, -0.1) is 0 Å². The minimum absolute atomic E-state index is 0.0310. The van der Waals surface area contributed by atoms with Crippen LogP contribution in [0.1, 0.15) is 341 Å². The van der Waals surface area contributed by atoms with E-state index >= 15 is 0 Å². The van der Waals surface area contributed by atoms with Crippen LogP contribution >= 0.6 is 7.82 Å². The van der Waals surface area contributed by atoms with E-state index in [-0.39, 0.29) is 32.0 Å². The first-order chi connectivity index (χ1) is 38.5. The lowest BCUT2D eigenvalue weighted by molar-refractivity contribution is -0.870. The second-order valence-electron chi connectivity index (χ2n) is 24.6. The molecule has 0 aromatic rings. The molecule has 0 saturated heterocycles. The summed E-state index contributed by atoms with van der Waals surface area (Å²) in [5.41, 5.74) is 0. The van der Waals surface area contributed by atoms with Gasteiger partial charge in [0.05, 0.1) is 27.7 Å². The van der Waals surface area contributed by atoms with Gasteiger partial charge in [0, 0.05) is 12.8 Å². The molecule has 9 nitrogen and oxygen atoms in total. The summed E-state index contributed by atoms with van der Waals surface area (Å²) in [7, 11) is 1.17. The summed E-state index contributed by atoms with van der Waals surface area (Å²) in [4.78, 5) is 38.0. The lowest BCUT2D eigenvalue weighted by Crippen LogP contribution is -2.37. The maximum absolute atomic E-state index is 12.8. The SMILES string of the molecule is CCCCCCC/C=C\C/C=C\C/C=C\CCCCCCCCCCC(=O)OC(COC(=O)CCCCCCCCCCCCCCCCCCCCCCCCCCCCCCCCCC)COP(=O)([O-])OCC[N+](C)(C)C. The van der Waals surface area contributed by atoms with E-state index in [0.29, 0.717) is 17.4 Å². The van der Waals surface area contributed by atoms with Gasteiger partial charge >= 0.3 is 11.9 Å². The van der Waals surface area contributed by atoms with Crippen molar-refractivity contribution in [3.63, 3.8) is 0 Å². The van der Waals surface area contributed by atoms with Crippen LogP contribution in [-0.4, -0.2) is 70.0 Å². The van der Waals surface area contributed by atoms with Crippen LogP contribution in [0.4, 0.5) is 0 Å². The number of quaternary nitrogens is 1. The molecule has 0 aromatic carbocycles. The minimum Gasteiger partial charge on any atom is -0.756 e. The Kier molecular flexibility index (Phi) is 59.4. The summed E-state index contributed by atoms with van der Waals surface area (Å²) in [5, 5.41) is 0. The van der Waals surface area contributed by atoms with Gasteiger partial charge in [-0.2, -0.15) is 0 Å². The molecule has 2 atom stereocenters. The first kappa shape index (κ1) is 77.2. The zero-order valence-corrected chi connectivity index (χ0v) is 54.0. The van der Waals surface area contributed by atoms with Crippen molar-refractivity contribution in [2.45, 2.75) is 347 Å². The number of hydrogen-bond acceptors (Lipinski definition) is 8.